The van der Waals surface area contributed by atoms with Crippen LogP contribution < -0.4 is 0 Å². The Bertz CT molecular complexity index is 4790. The number of hydrogen-bond acceptors (Lipinski definition) is 14. The van der Waals surface area contributed by atoms with Gasteiger partial charge in [0, 0.05) is 119 Å². The number of carboxylic acids is 4. The van der Waals surface area contributed by atoms with Gasteiger partial charge in [0.1, 0.15) is 0 Å². The lowest BCUT2D eigenvalue weighted by molar-refractivity contribution is 0.0681. The molecule has 0 radical (unpaired) electrons. The van der Waals surface area contributed by atoms with Gasteiger partial charge in [-0.25, -0.2) is 19.2 Å². The van der Waals surface area contributed by atoms with Crippen molar-refractivity contribution < 1.29 is 39.6 Å². The zero-order chi connectivity index (χ0) is 61.4. The number of rotatable bonds is 14. The molecule has 0 atom stereocenters. The van der Waals surface area contributed by atoms with E-state index >= 15 is 0 Å². The maximum absolute atomic E-state index is 12.9. The Kier molecular flexibility index (Phi) is 16.2. The standard InChI is InChI=1S/C36H26O4S4.C34H22O4S6/c1-17-5-7-23-21(13-17)15-29(41-23)25-9-11-27(43-25)31-19(3)34(36(39)40)32(20(4)33(31)35(37)38)28-12-10-26(44-28)30-16-22-14-18(2)6-8-24(22)42-30;1-17-3-5-25(39-17)27-11-13-31(43-27)29-9-7-23(41-29)19-15-22(34(37)38)20(16-21(19)33(35)36)24-8-10-30(42-24)32-14-12-28(44-32)26-6-4-18(2)40-26/h5-16H,1-4H3,(H,37,38)(H,39,40);3-16H,1-2H3,(H,35,36)(H,37,38). The van der Waals surface area contributed by atoms with Gasteiger partial charge in [0.05, 0.1) is 22.3 Å². The highest BCUT2D eigenvalue weighted by Gasteiger charge is 2.30. The average molecular weight is 1340 g/mol. The summed E-state index contributed by atoms with van der Waals surface area (Å²) < 4.78 is 2.38. The van der Waals surface area contributed by atoms with Crippen molar-refractivity contribution in [1.29, 1.82) is 0 Å². The molecule has 14 aromatic rings. The molecule has 0 bridgehead atoms. The molecule has 0 aliphatic heterocycles. The summed E-state index contributed by atoms with van der Waals surface area (Å²) in [5, 5.41) is 43.9. The highest BCUT2D eigenvalue weighted by molar-refractivity contribution is 7.29. The van der Waals surface area contributed by atoms with E-state index in [9.17, 15) is 39.6 Å². The van der Waals surface area contributed by atoms with Crippen LogP contribution in [0.15, 0.2) is 158 Å². The van der Waals surface area contributed by atoms with Crippen LogP contribution in [-0.4, -0.2) is 44.3 Å². The first-order valence-corrected chi connectivity index (χ1v) is 35.5. The molecule has 0 aliphatic rings. The molecular weight excluding hydrogens is 1290 g/mol. The quantitative estimate of drug-likeness (QED) is 0.0841. The highest BCUT2D eigenvalue weighted by Crippen LogP contribution is 2.50. The number of fused-ring (bicyclic) bond motifs is 2. The minimum absolute atomic E-state index is 0.0840. The first-order chi connectivity index (χ1) is 42.3. The van der Waals surface area contributed by atoms with E-state index in [1.54, 1.807) is 81.9 Å². The number of benzene rings is 4. The number of hydrogen-bond donors (Lipinski definition) is 4. The fraction of sp³-hybridized carbons (Fsp3) is 0.0857. The predicted molar refractivity (Wildman–Crippen MR) is 377 cm³/mol. The largest absolute Gasteiger partial charge is 0.478 e. The van der Waals surface area contributed by atoms with Crippen LogP contribution in [0.2, 0.25) is 0 Å². The second-order valence-electron chi connectivity index (χ2n) is 21.0. The molecule has 436 valence electrons. The van der Waals surface area contributed by atoms with E-state index in [0.717, 1.165) is 58.5 Å². The zero-order valence-corrected chi connectivity index (χ0v) is 55.7. The Morgan fingerprint density at radius 2 is 0.557 bits per heavy atom. The number of aryl methyl sites for hydroxylation is 4. The number of thiophene rings is 10. The molecule has 10 heterocycles. The maximum Gasteiger partial charge on any atom is 0.336 e. The topological polar surface area (TPSA) is 149 Å². The monoisotopic (exact) mass is 1340 g/mol. The van der Waals surface area contributed by atoms with Crippen LogP contribution in [0, 0.1) is 41.5 Å². The molecule has 10 aromatic heterocycles. The Morgan fingerprint density at radius 1 is 0.273 bits per heavy atom. The molecule has 18 heteroatoms. The number of carboxylic acid groups (broad SMARTS) is 4. The van der Waals surface area contributed by atoms with Crippen LogP contribution in [-0.2, 0) is 0 Å². The molecule has 88 heavy (non-hydrogen) atoms. The molecule has 0 aliphatic carbocycles. The second kappa shape index (κ2) is 24.0. The summed E-state index contributed by atoms with van der Waals surface area (Å²) in [6, 6.07) is 52.6. The van der Waals surface area contributed by atoms with Crippen molar-refractivity contribution in [3.8, 4) is 100 Å². The van der Waals surface area contributed by atoms with Crippen molar-refractivity contribution in [3.05, 3.63) is 212 Å². The third kappa shape index (κ3) is 11.4. The van der Waals surface area contributed by atoms with Gasteiger partial charge in [0.25, 0.3) is 0 Å². The minimum Gasteiger partial charge on any atom is -0.478 e. The van der Waals surface area contributed by atoms with Crippen LogP contribution in [0.4, 0.5) is 0 Å². The summed E-state index contributed by atoms with van der Waals surface area (Å²) >= 11 is 16.2. The Morgan fingerprint density at radius 3 is 0.875 bits per heavy atom. The predicted octanol–water partition coefficient (Wildman–Crippen LogP) is 23.6. The van der Waals surface area contributed by atoms with E-state index in [1.807, 2.05) is 48.5 Å². The third-order valence-electron chi connectivity index (χ3n) is 15.0. The lowest BCUT2D eigenvalue weighted by atomic mass is 9.86. The minimum atomic E-state index is -1.09. The summed E-state index contributed by atoms with van der Waals surface area (Å²) in [6.45, 7) is 11.8. The van der Waals surface area contributed by atoms with Gasteiger partial charge >= 0.3 is 23.9 Å². The van der Waals surface area contributed by atoms with Crippen molar-refractivity contribution in [2.24, 2.45) is 0 Å². The van der Waals surface area contributed by atoms with E-state index in [1.165, 1.54) is 118 Å². The molecule has 0 unspecified atom stereocenters. The van der Waals surface area contributed by atoms with Crippen LogP contribution in [0.1, 0.15) is 73.4 Å². The Hall–Kier alpha value is -7.72. The third-order valence-corrected chi connectivity index (χ3v) is 27.0. The normalized spacial score (nSPS) is 11.4. The molecule has 0 amide bonds. The van der Waals surface area contributed by atoms with Gasteiger partial charge in [-0.1, -0.05) is 35.4 Å². The molecule has 0 saturated heterocycles. The SMILES string of the molecule is Cc1ccc(-c2ccc(-c3ccc(-c4cc(C(=O)O)c(-c5ccc(-c6ccc(-c7ccc(C)s7)s6)s5)cc4C(=O)O)s3)s2)s1.Cc1ccc2sc(-c3ccc(-c4c(C)c(C(=O)O)c(-c5ccc(-c6cc7cc(C)ccc7s6)s5)c(C)c4C(=O)O)s3)cc2c1. The number of carbonyl (C=O) groups is 4. The highest BCUT2D eigenvalue weighted by atomic mass is 32.1. The zero-order valence-electron chi connectivity index (χ0n) is 47.5. The fourth-order valence-electron chi connectivity index (χ4n) is 10.9. The van der Waals surface area contributed by atoms with Gasteiger partial charge in [-0.3, -0.25) is 0 Å². The van der Waals surface area contributed by atoms with E-state index in [-0.39, 0.29) is 22.3 Å². The number of aromatic carboxylic acids is 4. The molecule has 8 nitrogen and oxygen atoms in total. The average Bonchev–Trinajstić information content (AvgIpc) is 1.33. The van der Waals surface area contributed by atoms with Crippen LogP contribution in [0.3, 0.4) is 0 Å². The maximum atomic E-state index is 12.9. The van der Waals surface area contributed by atoms with Gasteiger partial charge in [0.15, 0.2) is 0 Å². The molecule has 4 N–H and O–H groups in total. The summed E-state index contributed by atoms with van der Waals surface area (Å²) in [4.78, 5) is 69.5. The summed E-state index contributed by atoms with van der Waals surface area (Å²) in [7, 11) is 0. The molecule has 14 rings (SSSR count). The Labute approximate surface area is 545 Å². The van der Waals surface area contributed by atoms with Gasteiger partial charge in [-0.05, 0) is 197 Å². The first kappa shape index (κ1) is 59.3. The van der Waals surface area contributed by atoms with Crippen molar-refractivity contribution in [2.45, 2.75) is 41.5 Å². The lowest BCUT2D eigenvalue weighted by Crippen LogP contribution is -2.12. The first-order valence-electron chi connectivity index (χ1n) is 27.4. The van der Waals surface area contributed by atoms with E-state index in [2.05, 4.69) is 125 Å². The fourth-order valence-corrected chi connectivity index (χ4v) is 21.5. The van der Waals surface area contributed by atoms with Crippen molar-refractivity contribution in [3.63, 3.8) is 0 Å². The molecule has 0 saturated carbocycles. The smallest absolute Gasteiger partial charge is 0.336 e. The lowest BCUT2D eigenvalue weighted by Gasteiger charge is -2.19. The molecule has 4 aromatic carbocycles. The van der Waals surface area contributed by atoms with E-state index in [0.29, 0.717) is 33.4 Å². The van der Waals surface area contributed by atoms with Gasteiger partial charge in [-0.15, -0.1) is 113 Å². The summed E-state index contributed by atoms with van der Waals surface area (Å²) in [6.07, 6.45) is 0. The van der Waals surface area contributed by atoms with Crippen molar-refractivity contribution in [1.82, 2.24) is 0 Å². The summed E-state index contributed by atoms with van der Waals surface area (Å²) in [5.41, 5.74) is 5.55. The van der Waals surface area contributed by atoms with Crippen LogP contribution in [0.5, 0.6) is 0 Å². The van der Waals surface area contributed by atoms with Crippen LogP contribution in [0.25, 0.3) is 120 Å². The molecule has 0 spiro atoms. The van der Waals surface area contributed by atoms with E-state index in [4.69, 9.17) is 0 Å². The summed E-state index contributed by atoms with van der Waals surface area (Å²) in [5.74, 6) is -4.32. The van der Waals surface area contributed by atoms with Crippen molar-refractivity contribution >= 4 is 157 Å². The van der Waals surface area contributed by atoms with E-state index < -0.39 is 23.9 Å². The Balaban J connectivity index is 0.000000162. The van der Waals surface area contributed by atoms with Gasteiger partial charge in [0.2, 0.25) is 0 Å². The van der Waals surface area contributed by atoms with Gasteiger partial charge < -0.3 is 20.4 Å². The molecule has 0 fully saturated rings. The van der Waals surface area contributed by atoms with Gasteiger partial charge in [-0.2, -0.15) is 0 Å². The van der Waals surface area contributed by atoms with Crippen molar-refractivity contribution in [2.75, 3.05) is 0 Å². The molecular formula is C70H48O8S10. The second-order valence-corrected chi connectivity index (χ2v) is 32.3. The van der Waals surface area contributed by atoms with Crippen LogP contribution >= 0.6 is 113 Å².